The lowest BCUT2D eigenvalue weighted by Crippen LogP contribution is -2.53. The van der Waals surface area contributed by atoms with Gasteiger partial charge >= 0.3 is 11.9 Å². The summed E-state index contributed by atoms with van der Waals surface area (Å²) in [5, 5.41) is 30.7. The molecule has 4 aliphatic rings. The smallest absolute Gasteiger partial charge is 0.309 e. The van der Waals surface area contributed by atoms with E-state index in [0.29, 0.717) is 18.8 Å². The van der Waals surface area contributed by atoms with Crippen molar-refractivity contribution in [2.24, 2.45) is 39.9 Å². The zero-order valence-electron chi connectivity index (χ0n) is 14.8. The first kappa shape index (κ1) is 17.1. The molecule has 0 aromatic rings. The van der Waals surface area contributed by atoms with Crippen molar-refractivity contribution in [2.75, 3.05) is 6.61 Å². The number of aliphatic carboxylic acids is 2. The molecule has 5 nitrogen and oxygen atoms in total. The van der Waals surface area contributed by atoms with Gasteiger partial charge in [0, 0.05) is 12.0 Å². The number of fused-ring (bicyclic) bond motifs is 3. The van der Waals surface area contributed by atoms with Crippen LogP contribution in [0.15, 0.2) is 12.2 Å². The Bertz CT molecular complexity index is 656. The zero-order valence-corrected chi connectivity index (χ0v) is 14.8. The summed E-state index contributed by atoms with van der Waals surface area (Å²) in [6.07, 6.45) is 5.35. The Kier molecular flexibility index (Phi) is 3.48. The maximum atomic E-state index is 12.5. The second kappa shape index (κ2) is 5.09. The SMILES string of the molecule is C=C1CC23CC1CCC2C1(CO)CCCC(C)(C(=O)O)C1C3C(=O)O. The Morgan fingerprint density at radius 3 is 2.56 bits per heavy atom. The van der Waals surface area contributed by atoms with Gasteiger partial charge in [0.05, 0.1) is 11.3 Å². The molecule has 5 heteroatoms. The van der Waals surface area contributed by atoms with Gasteiger partial charge in [-0.3, -0.25) is 9.59 Å². The van der Waals surface area contributed by atoms with Gasteiger partial charge in [-0.25, -0.2) is 0 Å². The molecule has 0 radical (unpaired) electrons. The number of carboxylic acid groups (broad SMARTS) is 2. The van der Waals surface area contributed by atoms with E-state index in [1.807, 2.05) is 0 Å². The van der Waals surface area contributed by atoms with E-state index in [1.165, 1.54) is 0 Å². The number of hydrogen-bond acceptors (Lipinski definition) is 3. The van der Waals surface area contributed by atoms with Crippen molar-refractivity contribution in [2.45, 2.75) is 51.9 Å². The summed E-state index contributed by atoms with van der Waals surface area (Å²) >= 11 is 0. The molecule has 0 heterocycles. The van der Waals surface area contributed by atoms with Crippen LogP contribution in [0.3, 0.4) is 0 Å². The maximum absolute atomic E-state index is 12.5. The van der Waals surface area contributed by atoms with Gasteiger partial charge in [-0.05, 0) is 68.6 Å². The summed E-state index contributed by atoms with van der Waals surface area (Å²) in [5.74, 6) is -2.55. The molecule has 4 saturated carbocycles. The van der Waals surface area contributed by atoms with Crippen molar-refractivity contribution in [3.8, 4) is 0 Å². The monoisotopic (exact) mass is 348 g/mol. The highest BCUT2D eigenvalue weighted by Crippen LogP contribution is 2.77. The predicted molar refractivity (Wildman–Crippen MR) is 90.7 cm³/mol. The Hall–Kier alpha value is -1.36. The van der Waals surface area contributed by atoms with E-state index in [2.05, 4.69) is 6.58 Å². The minimum atomic E-state index is -1.09. The summed E-state index contributed by atoms with van der Waals surface area (Å²) in [6, 6.07) is 0. The Balaban J connectivity index is 1.95. The highest BCUT2D eigenvalue weighted by atomic mass is 16.4. The third-order valence-corrected chi connectivity index (χ3v) is 8.60. The Morgan fingerprint density at radius 1 is 1.24 bits per heavy atom. The van der Waals surface area contributed by atoms with Crippen LogP contribution in [0.1, 0.15) is 51.9 Å². The van der Waals surface area contributed by atoms with Crippen molar-refractivity contribution in [3.05, 3.63) is 12.2 Å². The van der Waals surface area contributed by atoms with Crippen LogP contribution >= 0.6 is 0 Å². The van der Waals surface area contributed by atoms with E-state index in [1.54, 1.807) is 6.92 Å². The molecule has 7 unspecified atom stereocenters. The van der Waals surface area contributed by atoms with Crippen LogP contribution in [0.25, 0.3) is 0 Å². The third kappa shape index (κ3) is 1.83. The second-order valence-corrected chi connectivity index (χ2v) is 9.36. The van der Waals surface area contributed by atoms with E-state index in [9.17, 15) is 24.9 Å². The van der Waals surface area contributed by atoms with Gasteiger partial charge in [-0.1, -0.05) is 18.6 Å². The topological polar surface area (TPSA) is 94.8 Å². The molecule has 0 aliphatic heterocycles. The average molecular weight is 348 g/mol. The Morgan fingerprint density at radius 2 is 1.96 bits per heavy atom. The lowest BCUT2D eigenvalue weighted by Gasteiger charge is -2.51. The number of aliphatic hydroxyl groups excluding tert-OH is 1. The lowest BCUT2D eigenvalue weighted by atomic mass is 9.52. The number of carbonyl (C=O) groups is 2. The van der Waals surface area contributed by atoms with Crippen LogP contribution in [0, 0.1) is 39.9 Å². The van der Waals surface area contributed by atoms with Gasteiger partial charge in [0.1, 0.15) is 0 Å². The largest absolute Gasteiger partial charge is 0.481 e. The van der Waals surface area contributed by atoms with Crippen LogP contribution < -0.4 is 0 Å². The number of rotatable bonds is 3. The van der Waals surface area contributed by atoms with E-state index < -0.39 is 40.0 Å². The minimum absolute atomic E-state index is 0.0885. The van der Waals surface area contributed by atoms with Crippen LogP contribution in [-0.2, 0) is 9.59 Å². The normalized spacial score (nSPS) is 51.0. The first-order valence-corrected chi connectivity index (χ1v) is 9.48. The molecule has 0 aromatic carbocycles. The molecule has 25 heavy (non-hydrogen) atoms. The summed E-state index contributed by atoms with van der Waals surface area (Å²) in [4.78, 5) is 24.7. The molecule has 4 aliphatic carbocycles. The summed E-state index contributed by atoms with van der Waals surface area (Å²) in [6.45, 7) is 5.83. The standard InChI is InChI=1S/C20H28O5/c1-11-8-20-9-12(11)4-5-13(20)19(10-21)7-3-6-18(2,17(24)25)15(19)14(20)16(22)23/h12-15,21H,1,3-10H2,2H3,(H,22,23)(H,24,25). The molecule has 2 bridgehead atoms. The van der Waals surface area contributed by atoms with Crippen molar-refractivity contribution in [1.82, 2.24) is 0 Å². The quantitative estimate of drug-likeness (QED) is 0.682. The lowest BCUT2D eigenvalue weighted by molar-refractivity contribution is -0.169. The molecule has 3 N–H and O–H groups in total. The third-order valence-electron chi connectivity index (χ3n) is 8.60. The number of carboxylic acids is 2. The summed E-state index contributed by atoms with van der Waals surface area (Å²) in [5.41, 5.74) is -0.947. The molecule has 4 fully saturated rings. The summed E-state index contributed by atoms with van der Waals surface area (Å²) < 4.78 is 0. The van der Waals surface area contributed by atoms with Crippen LogP contribution in [0.2, 0.25) is 0 Å². The summed E-state index contributed by atoms with van der Waals surface area (Å²) in [7, 11) is 0. The highest BCUT2D eigenvalue weighted by Gasteiger charge is 2.76. The van der Waals surface area contributed by atoms with Crippen molar-refractivity contribution < 1.29 is 24.9 Å². The van der Waals surface area contributed by atoms with E-state index >= 15 is 0 Å². The van der Waals surface area contributed by atoms with Crippen molar-refractivity contribution in [3.63, 3.8) is 0 Å². The number of hydrogen-bond donors (Lipinski definition) is 3. The van der Waals surface area contributed by atoms with Gasteiger partial charge < -0.3 is 15.3 Å². The van der Waals surface area contributed by atoms with E-state index in [4.69, 9.17) is 0 Å². The minimum Gasteiger partial charge on any atom is -0.481 e. The fraction of sp³-hybridized carbons (Fsp3) is 0.800. The first-order valence-electron chi connectivity index (χ1n) is 9.48. The fourth-order valence-corrected chi connectivity index (χ4v) is 7.85. The maximum Gasteiger partial charge on any atom is 0.309 e. The Labute approximate surface area is 148 Å². The molecule has 0 amide bonds. The van der Waals surface area contributed by atoms with Gasteiger partial charge in [0.2, 0.25) is 0 Å². The van der Waals surface area contributed by atoms with Crippen LogP contribution in [0.4, 0.5) is 0 Å². The van der Waals surface area contributed by atoms with Gasteiger partial charge in [0.25, 0.3) is 0 Å². The molecular weight excluding hydrogens is 320 g/mol. The van der Waals surface area contributed by atoms with Gasteiger partial charge in [-0.15, -0.1) is 0 Å². The highest BCUT2D eigenvalue weighted by molar-refractivity contribution is 5.79. The van der Waals surface area contributed by atoms with Gasteiger partial charge in [-0.2, -0.15) is 0 Å². The van der Waals surface area contributed by atoms with Gasteiger partial charge in [0.15, 0.2) is 0 Å². The van der Waals surface area contributed by atoms with E-state index in [-0.39, 0.29) is 12.5 Å². The molecule has 1 spiro atoms. The molecule has 138 valence electrons. The molecule has 0 saturated heterocycles. The molecule has 7 atom stereocenters. The average Bonchev–Trinajstić information content (AvgIpc) is 2.96. The van der Waals surface area contributed by atoms with Crippen LogP contribution in [0.5, 0.6) is 0 Å². The van der Waals surface area contributed by atoms with Crippen molar-refractivity contribution in [1.29, 1.82) is 0 Å². The van der Waals surface area contributed by atoms with Crippen molar-refractivity contribution >= 4 is 11.9 Å². The predicted octanol–water partition coefficient (Wildman–Crippen LogP) is 2.93. The molecule has 0 aromatic heterocycles. The molecule has 4 rings (SSSR count). The number of aliphatic hydroxyl groups is 1. The zero-order chi connectivity index (χ0) is 18.2. The fourth-order valence-electron chi connectivity index (χ4n) is 7.85. The van der Waals surface area contributed by atoms with Crippen LogP contribution in [-0.4, -0.2) is 33.9 Å². The van der Waals surface area contributed by atoms with E-state index in [0.717, 1.165) is 37.7 Å². The number of allylic oxidation sites excluding steroid dienone is 1. The second-order valence-electron chi connectivity index (χ2n) is 9.36. The first-order chi connectivity index (χ1) is 11.7. The molecular formula is C20H28O5.